The molecule has 0 spiro atoms. The van der Waals surface area contributed by atoms with Gasteiger partial charge in [0.05, 0.1) is 12.1 Å². The van der Waals surface area contributed by atoms with Gasteiger partial charge in [-0.05, 0) is 43.6 Å². The zero-order chi connectivity index (χ0) is 15.0. The molecule has 0 radical (unpaired) electrons. The molecule has 1 aromatic rings. The summed E-state index contributed by atoms with van der Waals surface area (Å²) in [6, 6.07) is 5.97. The maximum Gasteiger partial charge on any atom is 0.137 e. The van der Waals surface area contributed by atoms with E-state index in [-0.39, 0.29) is 0 Å². The van der Waals surface area contributed by atoms with Gasteiger partial charge in [0, 0.05) is 19.0 Å². The van der Waals surface area contributed by atoms with Crippen molar-refractivity contribution in [3.8, 4) is 5.75 Å². The van der Waals surface area contributed by atoms with Crippen LogP contribution >= 0.6 is 11.6 Å². The molecule has 1 unspecified atom stereocenters. The largest absolute Gasteiger partial charge is 0.495 e. The maximum atomic E-state index is 6.21. The number of methoxy groups -OCH3 is 1. The molecule has 0 saturated carbocycles. The minimum Gasteiger partial charge on any atom is -0.495 e. The molecule has 0 aliphatic rings. The van der Waals surface area contributed by atoms with Crippen LogP contribution in [0.5, 0.6) is 5.75 Å². The Morgan fingerprint density at radius 1 is 1.25 bits per heavy atom. The first-order valence-electron chi connectivity index (χ1n) is 7.42. The fraction of sp³-hybridized carbons (Fsp3) is 0.625. The highest BCUT2D eigenvalue weighted by molar-refractivity contribution is 6.32. The van der Waals surface area contributed by atoms with Crippen molar-refractivity contribution in [2.45, 2.75) is 32.6 Å². The molecule has 0 aliphatic heterocycles. The van der Waals surface area contributed by atoms with Crippen molar-refractivity contribution in [1.29, 1.82) is 0 Å². The van der Waals surface area contributed by atoms with Crippen LogP contribution in [0.4, 0.5) is 0 Å². The lowest BCUT2D eigenvalue weighted by Crippen LogP contribution is -2.33. The van der Waals surface area contributed by atoms with Crippen molar-refractivity contribution in [2.75, 3.05) is 33.3 Å². The number of ether oxygens (including phenoxy) is 1. The Hall–Kier alpha value is -0.770. The van der Waals surface area contributed by atoms with Crippen LogP contribution in [0.2, 0.25) is 5.02 Å². The molecule has 0 fully saturated rings. The van der Waals surface area contributed by atoms with E-state index in [4.69, 9.17) is 22.1 Å². The monoisotopic (exact) mass is 298 g/mol. The van der Waals surface area contributed by atoms with Crippen LogP contribution in [0.3, 0.4) is 0 Å². The third-order valence-corrected chi connectivity index (χ3v) is 3.79. The van der Waals surface area contributed by atoms with Gasteiger partial charge in [0.25, 0.3) is 0 Å². The molecule has 0 bridgehead atoms. The topological polar surface area (TPSA) is 38.5 Å². The molecule has 2 N–H and O–H groups in total. The number of nitrogens with zero attached hydrogens (tertiary/aromatic N) is 1. The summed E-state index contributed by atoms with van der Waals surface area (Å²) in [5.74, 6) is 1.03. The van der Waals surface area contributed by atoms with Crippen molar-refractivity contribution < 1.29 is 4.74 Å². The number of halogens is 1. The summed E-state index contributed by atoms with van der Waals surface area (Å²) in [5.41, 5.74) is 7.16. The van der Waals surface area contributed by atoms with Gasteiger partial charge < -0.3 is 15.4 Å². The van der Waals surface area contributed by atoms with Crippen LogP contribution in [0.15, 0.2) is 18.2 Å². The third kappa shape index (κ3) is 4.97. The number of rotatable bonds is 9. The number of nitrogens with two attached hydrogens (primary N) is 1. The van der Waals surface area contributed by atoms with Crippen LogP contribution in [-0.4, -0.2) is 38.2 Å². The summed E-state index contributed by atoms with van der Waals surface area (Å²) in [5, 5.41) is 0.654. The minimum absolute atomic E-state index is 0.316. The highest BCUT2D eigenvalue weighted by Crippen LogP contribution is 2.28. The van der Waals surface area contributed by atoms with Gasteiger partial charge in [-0.2, -0.15) is 0 Å². The second kappa shape index (κ2) is 9.22. The Balaban J connectivity index is 2.81. The van der Waals surface area contributed by atoms with Gasteiger partial charge in [-0.15, -0.1) is 0 Å². The molecule has 1 rings (SSSR count). The van der Waals surface area contributed by atoms with E-state index in [2.05, 4.69) is 24.8 Å². The van der Waals surface area contributed by atoms with Crippen molar-refractivity contribution in [3.05, 3.63) is 28.8 Å². The quantitative estimate of drug-likeness (QED) is 0.758. The Morgan fingerprint density at radius 2 is 1.90 bits per heavy atom. The maximum absolute atomic E-state index is 6.21. The number of benzene rings is 1. The summed E-state index contributed by atoms with van der Waals surface area (Å²) >= 11 is 6.21. The van der Waals surface area contributed by atoms with Gasteiger partial charge in [0.2, 0.25) is 0 Å². The Labute approximate surface area is 128 Å². The predicted octanol–water partition coefficient (Wildman–Crippen LogP) is 3.51. The Kier molecular flexibility index (Phi) is 7.97. The lowest BCUT2D eigenvalue weighted by molar-refractivity contribution is 0.258. The minimum atomic E-state index is 0.316. The van der Waals surface area contributed by atoms with E-state index in [1.807, 2.05) is 12.1 Å². The predicted molar refractivity (Wildman–Crippen MR) is 86.8 cm³/mol. The molecule has 0 aliphatic carbocycles. The van der Waals surface area contributed by atoms with E-state index in [0.717, 1.165) is 19.6 Å². The average molecular weight is 299 g/mol. The van der Waals surface area contributed by atoms with E-state index in [9.17, 15) is 0 Å². The van der Waals surface area contributed by atoms with E-state index < -0.39 is 0 Å². The molecule has 114 valence electrons. The van der Waals surface area contributed by atoms with Gasteiger partial charge >= 0.3 is 0 Å². The lowest BCUT2D eigenvalue weighted by atomic mass is 9.98. The van der Waals surface area contributed by atoms with Crippen molar-refractivity contribution >= 4 is 11.6 Å². The summed E-state index contributed by atoms with van der Waals surface area (Å²) in [7, 11) is 1.63. The zero-order valence-corrected chi connectivity index (χ0v) is 13.6. The highest BCUT2D eigenvalue weighted by atomic mass is 35.5. The summed E-state index contributed by atoms with van der Waals surface area (Å²) < 4.78 is 5.20. The number of hydrogen-bond acceptors (Lipinski definition) is 3. The molecular weight excluding hydrogens is 272 g/mol. The van der Waals surface area contributed by atoms with Gasteiger partial charge in [0.1, 0.15) is 5.75 Å². The van der Waals surface area contributed by atoms with Crippen LogP contribution in [0, 0.1) is 0 Å². The number of hydrogen-bond donors (Lipinski definition) is 1. The van der Waals surface area contributed by atoms with E-state index in [1.54, 1.807) is 7.11 Å². The molecule has 1 aromatic carbocycles. The summed E-state index contributed by atoms with van der Waals surface area (Å²) in [6.07, 6.45) is 2.33. The van der Waals surface area contributed by atoms with Crippen LogP contribution in [0.25, 0.3) is 0 Å². The lowest BCUT2D eigenvalue weighted by Gasteiger charge is -2.26. The SMILES string of the molecule is CCCN(CCC)CC(CN)c1ccc(OC)c(Cl)c1. The first-order valence-corrected chi connectivity index (χ1v) is 7.79. The van der Waals surface area contributed by atoms with Crippen LogP contribution in [0.1, 0.15) is 38.2 Å². The third-order valence-electron chi connectivity index (χ3n) is 3.49. The van der Waals surface area contributed by atoms with E-state index >= 15 is 0 Å². The van der Waals surface area contributed by atoms with Gasteiger partial charge in [0.15, 0.2) is 0 Å². The molecule has 3 nitrogen and oxygen atoms in total. The molecule has 0 aromatic heterocycles. The molecular formula is C16H27ClN2O. The van der Waals surface area contributed by atoms with E-state index in [0.29, 0.717) is 23.2 Å². The van der Waals surface area contributed by atoms with Gasteiger partial charge in [-0.1, -0.05) is 31.5 Å². The molecule has 0 saturated heterocycles. The average Bonchev–Trinajstić information content (AvgIpc) is 2.45. The molecule has 0 amide bonds. The second-order valence-corrected chi connectivity index (χ2v) is 5.53. The molecule has 4 heteroatoms. The highest BCUT2D eigenvalue weighted by Gasteiger charge is 2.15. The zero-order valence-electron chi connectivity index (χ0n) is 12.9. The fourth-order valence-corrected chi connectivity index (χ4v) is 2.76. The van der Waals surface area contributed by atoms with Crippen LogP contribution in [-0.2, 0) is 0 Å². The fourth-order valence-electron chi connectivity index (χ4n) is 2.49. The summed E-state index contributed by atoms with van der Waals surface area (Å²) in [4.78, 5) is 2.48. The standard InChI is InChI=1S/C16H27ClN2O/c1-4-8-19(9-5-2)12-14(11-18)13-6-7-16(20-3)15(17)10-13/h6-7,10,14H,4-5,8-9,11-12,18H2,1-3H3. The smallest absolute Gasteiger partial charge is 0.137 e. The summed E-state index contributed by atoms with van der Waals surface area (Å²) in [6.45, 7) is 8.28. The second-order valence-electron chi connectivity index (χ2n) is 5.13. The Bertz CT molecular complexity index is 392. The first kappa shape index (κ1) is 17.3. The normalized spacial score (nSPS) is 12.7. The van der Waals surface area contributed by atoms with Gasteiger partial charge in [-0.25, -0.2) is 0 Å². The van der Waals surface area contributed by atoms with Crippen molar-refractivity contribution in [1.82, 2.24) is 4.90 Å². The first-order chi connectivity index (χ1) is 9.65. The van der Waals surface area contributed by atoms with Crippen molar-refractivity contribution in [3.63, 3.8) is 0 Å². The van der Waals surface area contributed by atoms with E-state index in [1.165, 1.54) is 18.4 Å². The molecule has 1 atom stereocenters. The molecule has 0 heterocycles. The van der Waals surface area contributed by atoms with Gasteiger partial charge in [-0.3, -0.25) is 0 Å². The van der Waals surface area contributed by atoms with Crippen LogP contribution < -0.4 is 10.5 Å². The molecule has 20 heavy (non-hydrogen) atoms. The Morgan fingerprint density at radius 3 is 2.35 bits per heavy atom. The van der Waals surface area contributed by atoms with Crippen molar-refractivity contribution in [2.24, 2.45) is 5.73 Å².